The molecule has 1 aliphatic rings. The fraction of sp³-hybridized carbons (Fsp3) is 0.125. The second-order valence-electron chi connectivity index (χ2n) is 4.93. The normalized spacial score (nSPS) is 14.1. The molecule has 2 aromatic rings. The van der Waals surface area contributed by atoms with Crippen LogP contribution in [0.1, 0.15) is 15.9 Å². The van der Waals surface area contributed by atoms with Crippen molar-refractivity contribution in [3.05, 3.63) is 63.6 Å². The van der Waals surface area contributed by atoms with Gasteiger partial charge in [0.25, 0.3) is 5.91 Å². The minimum atomic E-state index is -0.444. The lowest BCUT2D eigenvalue weighted by Crippen LogP contribution is -2.36. The molecule has 0 bridgehead atoms. The highest BCUT2D eigenvalue weighted by molar-refractivity contribution is 6.42. The highest BCUT2D eigenvalue weighted by Crippen LogP contribution is 2.27. The number of halogens is 2. The first-order chi connectivity index (χ1) is 10.6. The number of hydrogen-bond acceptors (Lipinski definition) is 1. The van der Waals surface area contributed by atoms with Gasteiger partial charge >= 0.3 is 0 Å². The highest BCUT2D eigenvalue weighted by atomic mass is 35.5. The molecule has 2 N–H and O–H groups in total. The quantitative estimate of drug-likeness (QED) is 0.641. The summed E-state index contributed by atoms with van der Waals surface area (Å²) in [7, 11) is 0. The number of hydrogen-bond donors (Lipinski definition) is 1. The zero-order valence-electron chi connectivity index (χ0n) is 11.6. The van der Waals surface area contributed by atoms with Crippen molar-refractivity contribution in [2.75, 3.05) is 11.4 Å². The molecule has 112 valence electrons. The van der Waals surface area contributed by atoms with E-state index in [0.29, 0.717) is 22.2 Å². The summed E-state index contributed by atoms with van der Waals surface area (Å²) < 4.78 is 0. The first-order valence-electron chi connectivity index (χ1n) is 6.75. The maximum atomic E-state index is 12.2. The van der Waals surface area contributed by atoms with E-state index in [1.807, 2.05) is 29.2 Å². The third-order valence-corrected chi connectivity index (χ3v) is 4.29. The highest BCUT2D eigenvalue weighted by Gasteiger charge is 2.21. The maximum Gasteiger partial charge on any atom is 0.280 e. The van der Waals surface area contributed by atoms with Crippen LogP contribution in [0.15, 0.2) is 47.5 Å². The molecule has 0 spiro atoms. The minimum Gasteiger partial charge on any atom is -0.369 e. The Morgan fingerprint density at radius 3 is 2.68 bits per heavy atom. The molecule has 0 unspecified atom stereocenters. The second kappa shape index (κ2) is 5.99. The number of carbonyl (C=O) groups is 1. The van der Waals surface area contributed by atoms with Gasteiger partial charge in [-0.1, -0.05) is 41.4 Å². The molecule has 0 atom stereocenters. The molecule has 4 nitrogen and oxygen atoms in total. The third-order valence-electron chi connectivity index (χ3n) is 3.55. The Morgan fingerprint density at radius 1 is 1.14 bits per heavy atom. The van der Waals surface area contributed by atoms with Crippen LogP contribution in [0.3, 0.4) is 0 Å². The largest absolute Gasteiger partial charge is 0.369 e. The number of amides is 1. The van der Waals surface area contributed by atoms with Crippen molar-refractivity contribution in [2.45, 2.75) is 6.42 Å². The number of carbonyl (C=O) groups excluding carboxylic acids is 1. The molecule has 0 saturated heterocycles. The summed E-state index contributed by atoms with van der Waals surface area (Å²) in [6.45, 7) is 0.712. The van der Waals surface area contributed by atoms with Gasteiger partial charge in [-0.3, -0.25) is 4.79 Å². The molecule has 0 radical (unpaired) electrons. The van der Waals surface area contributed by atoms with Gasteiger partial charge < -0.3 is 10.6 Å². The summed E-state index contributed by atoms with van der Waals surface area (Å²) in [6, 6.07) is 12.6. The molecule has 2 aromatic carbocycles. The van der Waals surface area contributed by atoms with E-state index in [1.165, 1.54) is 11.6 Å². The lowest BCUT2D eigenvalue weighted by atomic mass is 10.2. The van der Waals surface area contributed by atoms with E-state index in [2.05, 4.69) is 4.99 Å². The average molecular weight is 334 g/mol. The Labute approximate surface area is 138 Å². The van der Waals surface area contributed by atoms with Gasteiger partial charge in [-0.05, 0) is 36.2 Å². The maximum absolute atomic E-state index is 12.2. The number of fused-ring (bicyclic) bond motifs is 1. The molecule has 22 heavy (non-hydrogen) atoms. The Hall–Kier alpha value is -2.04. The second-order valence-corrected chi connectivity index (χ2v) is 5.75. The molecule has 6 heteroatoms. The van der Waals surface area contributed by atoms with Gasteiger partial charge in [0.2, 0.25) is 5.96 Å². The van der Waals surface area contributed by atoms with Crippen LogP contribution in [-0.2, 0) is 6.42 Å². The number of anilines is 1. The summed E-state index contributed by atoms with van der Waals surface area (Å²) in [5.74, 6) is -0.263. The smallest absolute Gasteiger partial charge is 0.280 e. The monoisotopic (exact) mass is 333 g/mol. The topological polar surface area (TPSA) is 58.7 Å². The molecule has 0 aromatic heterocycles. The molecule has 3 rings (SSSR count). The van der Waals surface area contributed by atoms with Gasteiger partial charge in [-0.25, -0.2) is 0 Å². The first kappa shape index (κ1) is 14.9. The van der Waals surface area contributed by atoms with E-state index >= 15 is 0 Å². The van der Waals surface area contributed by atoms with Crippen LogP contribution in [0.4, 0.5) is 5.69 Å². The summed E-state index contributed by atoms with van der Waals surface area (Å²) >= 11 is 11.8. The Balaban J connectivity index is 1.86. The molecule has 0 fully saturated rings. The van der Waals surface area contributed by atoms with Crippen LogP contribution in [0.2, 0.25) is 10.0 Å². The average Bonchev–Trinajstić information content (AvgIpc) is 2.94. The number of nitrogens with zero attached hydrogens (tertiary/aromatic N) is 2. The van der Waals surface area contributed by atoms with Crippen LogP contribution in [0.25, 0.3) is 0 Å². The number of aliphatic imine (C=N–C) groups is 1. The van der Waals surface area contributed by atoms with Gasteiger partial charge in [-0.2, -0.15) is 4.99 Å². The van der Waals surface area contributed by atoms with E-state index in [0.717, 1.165) is 12.1 Å². The van der Waals surface area contributed by atoms with Crippen LogP contribution in [-0.4, -0.2) is 18.4 Å². The minimum absolute atomic E-state index is 0.182. The molecule has 1 aliphatic heterocycles. The lowest BCUT2D eigenvalue weighted by Gasteiger charge is -2.17. The van der Waals surface area contributed by atoms with Crippen molar-refractivity contribution >= 4 is 40.8 Å². The van der Waals surface area contributed by atoms with Crippen molar-refractivity contribution < 1.29 is 4.79 Å². The standard InChI is InChI=1S/C16H13Cl2N3O/c17-12-6-5-11(9-13(12)18)15(22)20-16(19)21-8-7-10-3-1-2-4-14(10)21/h1-6,9H,7-8H2,(H2,19,20,22). The predicted octanol–water partition coefficient (Wildman–Crippen LogP) is 3.51. The van der Waals surface area contributed by atoms with Crippen molar-refractivity contribution in [1.29, 1.82) is 0 Å². The number of para-hydroxylation sites is 1. The molecular formula is C16H13Cl2N3O. The Kier molecular flexibility index (Phi) is 4.05. The zero-order chi connectivity index (χ0) is 15.7. The molecule has 1 amide bonds. The fourth-order valence-electron chi connectivity index (χ4n) is 2.43. The van der Waals surface area contributed by atoms with Gasteiger partial charge in [0, 0.05) is 17.8 Å². The molecule has 0 saturated carbocycles. The summed E-state index contributed by atoms with van der Waals surface area (Å²) in [4.78, 5) is 18.0. The van der Waals surface area contributed by atoms with Gasteiger partial charge in [0.05, 0.1) is 10.0 Å². The zero-order valence-corrected chi connectivity index (χ0v) is 13.1. The van der Waals surface area contributed by atoms with Crippen molar-refractivity contribution in [1.82, 2.24) is 0 Å². The van der Waals surface area contributed by atoms with Crippen LogP contribution in [0, 0.1) is 0 Å². The fourth-order valence-corrected chi connectivity index (χ4v) is 2.73. The predicted molar refractivity (Wildman–Crippen MR) is 89.9 cm³/mol. The molecular weight excluding hydrogens is 321 g/mol. The number of nitrogens with two attached hydrogens (primary N) is 1. The molecule has 1 heterocycles. The van der Waals surface area contributed by atoms with Gasteiger partial charge in [-0.15, -0.1) is 0 Å². The number of guanidine groups is 1. The van der Waals surface area contributed by atoms with E-state index < -0.39 is 5.91 Å². The first-order valence-corrected chi connectivity index (χ1v) is 7.51. The summed E-state index contributed by atoms with van der Waals surface area (Å²) in [6.07, 6.45) is 0.882. The van der Waals surface area contributed by atoms with Crippen LogP contribution < -0.4 is 10.6 Å². The molecule has 0 aliphatic carbocycles. The Morgan fingerprint density at radius 2 is 1.91 bits per heavy atom. The van der Waals surface area contributed by atoms with Crippen LogP contribution >= 0.6 is 23.2 Å². The summed E-state index contributed by atoms with van der Waals surface area (Å²) in [5, 5.41) is 0.705. The number of benzene rings is 2. The third kappa shape index (κ3) is 2.80. The van der Waals surface area contributed by atoms with Crippen molar-refractivity contribution in [3.8, 4) is 0 Å². The van der Waals surface area contributed by atoms with E-state index in [1.54, 1.807) is 12.1 Å². The van der Waals surface area contributed by atoms with Crippen molar-refractivity contribution in [3.63, 3.8) is 0 Å². The van der Waals surface area contributed by atoms with Gasteiger partial charge in [0.15, 0.2) is 0 Å². The van der Waals surface area contributed by atoms with E-state index in [4.69, 9.17) is 28.9 Å². The van der Waals surface area contributed by atoms with E-state index in [-0.39, 0.29) is 5.96 Å². The Bertz CT molecular complexity index is 774. The lowest BCUT2D eigenvalue weighted by molar-refractivity contribution is 0.100. The summed E-state index contributed by atoms with van der Waals surface area (Å²) in [5.41, 5.74) is 8.54. The number of rotatable bonds is 1. The van der Waals surface area contributed by atoms with Crippen molar-refractivity contribution in [2.24, 2.45) is 10.7 Å². The van der Waals surface area contributed by atoms with Crippen LogP contribution in [0.5, 0.6) is 0 Å². The SMILES string of the molecule is NC(=NC(=O)c1ccc(Cl)c(Cl)c1)N1CCc2ccccc21. The van der Waals surface area contributed by atoms with Gasteiger partial charge in [0.1, 0.15) is 0 Å². The van der Waals surface area contributed by atoms with E-state index in [9.17, 15) is 4.79 Å².